The maximum absolute atomic E-state index is 11.7. The largest absolute Gasteiger partial charge is 0.493 e. The van der Waals surface area contributed by atoms with Gasteiger partial charge in [0.2, 0.25) is 5.91 Å². The van der Waals surface area contributed by atoms with E-state index in [-0.39, 0.29) is 12.3 Å². The number of carbonyl (C=O) groups excluding carboxylic acids is 1. The molecule has 0 aromatic heterocycles. The van der Waals surface area contributed by atoms with Gasteiger partial charge in [0.15, 0.2) is 0 Å². The second-order valence-electron chi connectivity index (χ2n) is 4.23. The summed E-state index contributed by atoms with van der Waals surface area (Å²) in [5, 5.41) is 3.34. The molecule has 2 rings (SSSR count). The molecule has 5 heteroatoms. The van der Waals surface area contributed by atoms with Crippen LogP contribution in [0.4, 0.5) is 11.4 Å². The van der Waals surface area contributed by atoms with Gasteiger partial charge in [-0.05, 0) is 42.5 Å². The third-order valence-electron chi connectivity index (χ3n) is 2.59. The molecule has 0 aliphatic heterocycles. The molecule has 0 spiro atoms. The second kappa shape index (κ2) is 6.82. The zero-order valence-corrected chi connectivity index (χ0v) is 11.6. The van der Waals surface area contributed by atoms with Crippen LogP contribution in [0.1, 0.15) is 6.42 Å². The predicted molar refractivity (Wildman–Crippen MR) is 81.0 cm³/mol. The molecule has 0 radical (unpaired) electrons. The van der Waals surface area contributed by atoms with Gasteiger partial charge in [-0.2, -0.15) is 0 Å². The first-order valence-corrected chi connectivity index (χ1v) is 6.55. The van der Waals surface area contributed by atoms with Gasteiger partial charge >= 0.3 is 0 Å². The highest BCUT2D eigenvalue weighted by Gasteiger charge is 2.03. The summed E-state index contributed by atoms with van der Waals surface area (Å²) in [5.41, 5.74) is 6.92. The van der Waals surface area contributed by atoms with Crippen LogP contribution >= 0.6 is 11.6 Å². The molecule has 20 heavy (non-hydrogen) atoms. The molecule has 3 N–H and O–H groups in total. The van der Waals surface area contributed by atoms with Crippen LogP contribution in [-0.2, 0) is 4.79 Å². The van der Waals surface area contributed by atoms with Crippen molar-refractivity contribution in [2.24, 2.45) is 0 Å². The Labute approximate surface area is 122 Å². The van der Waals surface area contributed by atoms with Crippen LogP contribution in [0.15, 0.2) is 48.5 Å². The van der Waals surface area contributed by atoms with Crippen molar-refractivity contribution in [3.05, 3.63) is 53.6 Å². The smallest absolute Gasteiger partial charge is 0.227 e. The van der Waals surface area contributed by atoms with Gasteiger partial charge in [-0.1, -0.05) is 17.7 Å². The van der Waals surface area contributed by atoms with E-state index in [1.165, 1.54) is 0 Å². The van der Waals surface area contributed by atoms with Crippen LogP contribution in [-0.4, -0.2) is 12.5 Å². The average Bonchev–Trinajstić information content (AvgIpc) is 2.41. The Hall–Kier alpha value is -2.20. The first-order chi connectivity index (χ1) is 9.63. The van der Waals surface area contributed by atoms with Crippen LogP contribution in [0.3, 0.4) is 0 Å². The highest BCUT2D eigenvalue weighted by atomic mass is 35.5. The van der Waals surface area contributed by atoms with Gasteiger partial charge in [-0.3, -0.25) is 4.79 Å². The Morgan fingerprint density at radius 3 is 2.65 bits per heavy atom. The number of carbonyl (C=O) groups is 1. The lowest BCUT2D eigenvalue weighted by Gasteiger charge is -2.07. The SMILES string of the molecule is Nc1ccc(OCCC(=O)Nc2cccc(Cl)c2)cc1. The minimum Gasteiger partial charge on any atom is -0.493 e. The molecular weight excluding hydrogens is 276 g/mol. The Balaban J connectivity index is 1.76. The second-order valence-corrected chi connectivity index (χ2v) is 4.66. The fourth-order valence-electron chi connectivity index (χ4n) is 1.62. The quantitative estimate of drug-likeness (QED) is 0.830. The summed E-state index contributed by atoms with van der Waals surface area (Å²) >= 11 is 5.84. The fraction of sp³-hybridized carbons (Fsp3) is 0.133. The van der Waals surface area contributed by atoms with Crippen LogP contribution < -0.4 is 15.8 Å². The topological polar surface area (TPSA) is 64.3 Å². The molecule has 0 aliphatic rings. The van der Waals surface area contributed by atoms with Crippen molar-refractivity contribution >= 4 is 28.9 Å². The molecule has 4 nitrogen and oxygen atoms in total. The summed E-state index contributed by atoms with van der Waals surface area (Å²) in [6.07, 6.45) is 0.261. The monoisotopic (exact) mass is 290 g/mol. The van der Waals surface area contributed by atoms with E-state index >= 15 is 0 Å². The molecule has 2 aromatic carbocycles. The normalized spacial score (nSPS) is 10.1. The average molecular weight is 291 g/mol. The molecule has 0 fully saturated rings. The van der Waals surface area contributed by atoms with E-state index in [4.69, 9.17) is 22.1 Å². The van der Waals surface area contributed by atoms with Gasteiger partial charge in [0.05, 0.1) is 13.0 Å². The van der Waals surface area contributed by atoms with E-state index in [1.54, 1.807) is 48.5 Å². The van der Waals surface area contributed by atoms with E-state index in [0.717, 1.165) is 0 Å². The number of nitrogens with one attached hydrogen (secondary N) is 1. The summed E-state index contributed by atoms with van der Waals surface area (Å²) in [6.45, 7) is 0.302. The number of benzene rings is 2. The van der Waals surface area contributed by atoms with Crippen molar-refractivity contribution in [2.45, 2.75) is 6.42 Å². The van der Waals surface area contributed by atoms with E-state index in [0.29, 0.717) is 28.8 Å². The van der Waals surface area contributed by atoms with Crippen molar-refractivity contribution in [1.29, 1.82) is 0 Å². The van der Waals surface area contributed by atoms with Crippen molar-refractivity contribution in [3.8, 4) is 5.75 Å². The van der Waals surface area contributed by atoms with E-state index in [2.05, 4.69) is 5.32 Å². The Bertz CT molecular complexity index is 585. The number of nitrogen functional groups attached to an aromatic ring is 1. The van der Waals surface area contributed by atoms with Crippen molar-refractivity contribution in [2.75, 3.05) is 17.7 Å². The lowest BCUT2D eigenvalue weighted by atomic mass is 10.3. The Morgan fingerprint density at radius 2 is 1.95 bits per heavy atom. The van der Waals surface area contributed by atoms with Gasteiger partial charge in [-0.25, -0.2) is 0 Å². The summed E-state index contributed by atoms with van der Waals surface area (Å²) in [6, 6.07) is 14.0. The maximum atomic E-state index is 11.7. The van der Waals surface area contributed by atoms with Gasteiger partial charge in [-0.15, -0.1) is 0 Å². The van der Waals surface area contributed by atoms with Gasteiger partial charge in [0.25, 0.3) is 0 Å². The fourth-order valence-corrected chi connectivity index (χ4v) is 1.81. The molecule has 0 saturated carbocycles. The number of anilines is 2. The molecule has 1 amide bonds. The van der Waals surface area contributed by atoms with Crippen molar-refractivity contribution in [3.63, 3.8) is 0 Å². The summed E-state index contributed by atoms with van der Waals surface area (Å²) < 4.78 is 5.45. The van der Waals surface area contributed by atoms with Crippen LogP contribution in [0, 0.1) is 0 Å². The minimum absolute atomic E-state index is 0.122. The van der Waals surface area contributed by atoms with E-state index < -0.39 is 0 Å². The molecule has 0 heterocycles. The first-order valence-electron chi connectivity index (χ1n) is 6.17. The van der Waals surface area contributed by atoms with Crippen LogP contribution in [0.2, 0.25) is 5.02 Å². The predicted octanol–water partition coefficient (Wildman–Crippen LogP) is 3.33. The van der Waals surface area contributed by atoms with E-state index in [1.807, 2.05) is 0 Å². The molecule has 0 bridgehead atoms. The van der Waals surface area contributed by atoms with E-state index in [9.17, 15) is 4.79 Å². The molecule has 0 aliphatic carbocycles. The molecule has 0 saturated heterocycles. The number of amides is 1. The van der Waals surface area contributed by atoms with Crippen molar-refractivity contribution < 1.29 is 9.53 Å². The van der Waals surface area contributed by atoms with Gasteiger partial charge < -0.3 is 15.8 Å². The number of rotatable bonds is 5. The van der Waals surface area contributed by atoms with Gasteiger partial charge in [0.1, 0.15) is 5.75 Å². The number of halogens is 1. The zero-order chi connectivity index (χ0) is 14.4. The first kappa shape index (κ1) is 14.2. The highest BCUT2D eigenvalue weighted by Crippen LogP contribution is 2.15. The highest BCUT2D eigenvalue weighted by molar-refractivity contribution is 6.30. The number of ether oxygens (including phenoxy) is 1. The summed E-state index contributed by atoms with van der Waals surface area (Å²) in [4.78, 5) is 11.7. The third kappa shape index (κ3) is 4.48. The standard InChI is InChI=1S/C15H15ClN2O2/c16-11-2-1-3-13(10-11)18-15(19)8-9-20-14-6-4-12(17)5-7-14/h1-7,10H,8-9,17H2,(H,18,19). The van der Waals surface area contributed by atoms with Crippen molar-refractivity contribution in [1.82, 2.24) is 0 Å². The number of hydrogen-bond acceptors (Lipinski definition) is 3. The maximum Gasteiger partial charge on any atom is 0.227 e. The number of nitrogens with two attached hydrogens (primary N) is 1. The van der Waals surface area contributed by atoms with Crippen LogP contribution in [0.25, 0.3) is 0 Å². The molecular formula is C15H15ClN2O2. The molecule has 104 valence electrons. The lowest BCUT2D eigenvalue weighted by Crippen LogP contribution is -2.15. The Kier molecular flexibility index (Phi) is 4.85. The summed E-state index contributed by atoms with van der Waals surface area (Å²) in [5.74, 6) is 0.567. The lowest BCUT2D eigenvalue weighted by molar-refractivity contribution is -0.116. The molecule has 0 atom stereocenters. The Morgan fingerprint density at radius 1 is 1.20 bits per heavy atom. The third-order valence-corrected chi connectivity index (χ3v) is 2.82. The van der Waals surface area contributed by atoms with Gasteiger partial charge in [0, 0.05) is 16.4 Å². The zero-order valence-electron chi connectivity index (χ0n) is 10.8. The summed E-state index contributed by atoms with van der Waals surface area (Å²) in [7, 11) is 0. The van der Waals surface area contributed by atoms with Crippen LogP contribution in [0.5, 0.6) is 5.75 Å². The molecule has 2 aromatic rings. The minimum atomic E-state index is -0.122. The molecule has 0 unspecified atom stereocenters. The number of hydrogen-bond donors (Lipinski definition) is 2.